The van der Waals surface area contributed by atoms with Gasteiger partial charge in [0.2, 0.25) is 5.91 Å². The molecule has 1 heterocycles. The highest BCUT2D eigenvalue weighted by Crippen LogP contribution is 2.07. The lowest BCUT2D eigenvalue weighted by atomic mass is 10.1. The molecule has 1 aliphatic rings. The molecule has 1 aromatic carbocycles. The van der Waals surface area contributed by atoms with Crippen LogP contribution in [0.1, 0.15) is 17.5 Å². The number of amides is 1. The molecular formula is C14H17N3O. The molecule has 0 bridgehead atoms. The first-order valence-corrected chi connectivity index (χ1v) is 6.27. The maximum absolute atomic E-state index is 11.5. The molecule has 0 saturated carbocycles. The molecule has 1 N–H and O–H groups in total. The smallest absolute Gasteiger partial charge is 0.236 e. The third-order valence-corrected chi connectivity index (χ3v) is 3.16. The van der Waals surface area contributed by atoms with Crippen molar-refractivity contribution in [2.75, 3.05) is 26.2 Å². The van der Waals surface area contributed by atoms with Gasteiger partial charge in [-0.25, -0.2) is 0 Å². The molecule has 18 heavy (non-hydrogen) atoms. The maximum Gasteiger partial charge on any atom is 0.236 e. The van der Waals surface area contributed by atoms with Crippen LogP contribution in [0.15, 0.2) is 24.3 Å². The first-order valence-electron chi connectivity index (χ1n) is 6.27. The predicted octanol–water partition coefficient (Wildman–Crippen LogP) is 0.923. The van der Waals surface area contributed by atoms with Gasteiger partial charge in [0.05, 0.1) is 18.2 Å². The van der Waals surface area contributed by atoms with E-state index >= 15 is 0 Å². The normalized spacial score (nSPS) is 15.5. The molecule has 0 radical (unpaired) electrons. The number of rotatable bonds is 4. The second-order valence-electron chi connectivity index (χ2n) is 4.47. The fourth-order valence-electron chi connectivity index (χ4n) is 2.10. The Labute approximate surface area is 107 Å². The zero-order chi connectivity index (χ0) is 12.8. The molecule has 0 spiro atoms. The molecule has 1 saturated heterocycles. The van der Waals surface area contributed by atoms with Crippen molar-refractivity contribution >= 4 is 5.91 Å². The Kier molecular flexibility index (Phi) is 4.32. The van der Waals surface area contributed by atoms with Gasteiger partial charge in [-0.3, -0.25) is 4.79 Å². The number of hydrogen-bond acceptors (Lipinski definition) is 3. The summed E-state index contributed by atoms with van der Waals surface area (Å²) in [5.41, 5.74) is 1.91. The van der Waals surface area contributed by atoms with Crippen LogP contribution in [0.4, 0.5) is 0 Å². The summed E-state index contributed by atoms with van der Waals surface area (Å²) >= 11 is 0. The molecule has 0 aliphatic carbocycles. The van der Waals surface area contributed by atoms with Crippen molar-refractivity contribution in [3.8, 4) is 6.07 Å². The highest BCUT2D eigenvalue weighted by Gasteiger charge is 2.16. The van der Waals surface area contributed by atoms with Gasteiger partial charge in [0.15, 0.2) is 0 Å². The minimum absolute atomic E-state index is 0.195. The van der Waals surface area contributed by atoms with Crippen molar-refractivity contribution in [3.05, 3.63) is 35.4 Å². The summed E-state index contributed by atoms with van der Waals surface area (Å²) in [6.07, 6.45) is 1.92. The minimum atomic E-state index is 0.195. The number of benzene rings is 1. The number of nitriles is 1. The van der Waals surface area contributed by atoms with Crippen molar-refractivity contribution < 1.29 is 4.79 Å². The van der Waals surface area contributed by atoms with E-state index in [1.165, 1.54) is 5.56 Å². The molecule has 1 fully saturated rings. The van der Waals surface area contributed by atoms with Crippen LogP contribution in [0.3, 0.4) is 0 Å². The van der Waals surface area contributed by atoms with Crippen LogP contribution >= 0.6 is 0 Å². The first kappa shape index (κ1) is 12.6. The van der Waals surface area contributed by atoms with Crippen LogP contribution in [-0.2, 0) is 11.2 Å². The van der Waals surface area contributed by atoms with Crippen molar-refractivity contribution in [2.24, 2.45) is 0 Å². The summed E-state index contributed by atoms with van der Waals surface area (Å²) < 4.78 is 0. The van der Waals surface area contributed by atoms with Gasteiger partial charge in [-0.2, -0.15) is 5.26 Å². The number of carbonyl (C=O) groups is 1. The lowest BCUT2D eigenvalue weighted by Crippen LogP contribution is -2.48. The molecular weight excluding hydrogens is 226 g/mol. The molecule has 0 unspecified atom stereocenters. The average molecular weight is 243 g/mol. The summed E-state index contributed by atoms with van der Waals surface area (Å²) in [5, 5.41) is 11.8. The van der Waals surface area contributed by atoms with Crippen molar-refractivity contribution in [1.82, 2.24) is 10.2 Å². The zero-order valence-corrected chi connectivity index (χ0v) is 10.4. The van der Waals surface area contributed by atoms with Crippen LogP contribution < -0.4 is 5.32 Å². The van der Waals surface area contributed by atoms with E-state index in [1.54, 1.807) is 0 Å². The lowest BCUT2D eigenvalue weighted by Gasteiger charge is -2.27. The molecule has 4 heteroatoms. The van der Waals surface area contributed by atoms with Gasteiger partial charge < -0.3 is 10.2 Å². The first-order chi connectivity index (χ1) is 8.79. The molecule has 2 rings (SSSR count). The number of aryl methyl sites for hydroxylation is 1. The molecule has 1 aliphatic heterocycles. The van der Waals surface area contributed by atoms with Crippen LogP contribution in [-0.4, -0.2) is 37.0 Å². The van der Waals surface area contributed by atoms with Gasteiger partial charge in [-0.05, 0) is 30.5 Å². The third kappa shape index (κ3) is 3.31. The summed E-state index contributed by atoms with van der Waals surface area (Å²) in [7, 11) is 0. The standard InChI is InChI=1S/C14H17N3O/c15-10-13-5-3-12(4-6-13)2-1-8-17-9-7-16-11-14(17)18/h3-6,16H,1-2,7-9,11H2. The Morgan fingerprint density at radius 2 is 2.11 bits per heavy atom. The summed E-state index contributed by atoms with van der Waals surface area (Å²) in [4.78, 5) is 13.5. The quantitative estimate of drug-likeness (QED) is 0.855. The van der Waals surface area contributed by atoms with Crippen LogP contribution in [0.5, 0.6) is 0 Å². The Balaban J connectivity index is 1.77. The molecule has 0 aromatic heterocycles. The van der Waals surface area contributed by atoms with E-state index in [0.717, 1.165) is 32.5 Å². The molecule has 0 atom stereocenters. The maximum atomic E-state index is 11.5. The fraction of sp³-hybridized carbons (Fsp3) is 0.429. The van der Waals surface area contributed by atoms with Crippen LogP contribution in [0, 0.1) is 11.3 Å². The number of carbonyl (C=O) groups excluding carboxylic acids is 1. The zero-order valence-electron chi connectivity index (χ0n) is 10.4. The number of piperazine rings is 1. The number of nitrogens with one attached hydrogen (secondary N) is 1. The summed E-state index contributed by atoms with van der Waals surface area (Å²) in [6.45, 7) is 2.99. The second kappa shape index (κ2) is 6.18. The Hall–Kier alpha value is -1.86. The highest BCUT2D eigenvalue weighted by atomic mass is 16.2. The van der Waals surface area contributed by atoms with Crippen molar-refractivity contribution in [3.63, 3.8) is 0 Å². The third-order valence-electron chi connectivity index (χ3n) is 3.16. The summed E-state index contributed by atoms with van der Waals surface area (Å²) in [5.74, 6) is 0.195. The number of nitrogens with zero attached hydrogens (tertiary/aromatic N) is 2. The van der Waals surface area contributed by atoms with Crippen LogP contribution in [0.2, 0.25) is 0 Å². The molecule has 94 valence electrons. The van der Waals surface area contributed by atoms with Crippen LogP contribution in [0.25, 0.3) is 0 Å². The molecule has 4 nitrogen and oxygen atoms in total. The Bertz CT molecular complexity index is 447. The molecule has 1 amide bonds. The van der Waals surface area contributed by atoms with E-state index in [9.17, 15) is 4.79 Å². The topological polar surface area (TPSA) is 56.1 Å². The Morgan fingerprint density at radius 3 is 2.78 bits per heavy atom. The molecule has 1 aromatic rings. The van der Waals surface area contributed by atoms with Gasteiger partial charge in [0, 0.05) is 19.6 Å². The summed E-state index contributed by atoms with van der Waals surface area (Å²) in [6, 6.07) is 9.75. The minimum Gasteiger partial charge on any atom is -0.340 e. The van der Waals surface area contributed by atoms with E-state index < -0.39 is 0 Å². The second-order valence-corrected chi connectivity index (χ2v) is 4.47. The monoisotopic (exact) mass is 243 g/mol. The Morgan fingerprint density at radius 1 is 1.33 bits per heavy atom. The van der Waals surface area contributed by atoms with Gasteiger partial charge in [-0.1, -0.05) is 12.1 Å². The SMILES string of the molecule is N#Cc1ccc(CCCN2CCNCC2=O)cc1. The van der Waals surface area contributed by atoms with E-state index in [4.69, 9.17) is 5.26 Å². The van der Waals surface area contributed by atoms with E-state index in [0.29, 0.717) is 12.1 Å². The van der Waals surface area contributed by atoms with Gasteiger partial charge >= 0.3 is 0 Å². The number of hydrogen-bond donors (Lipinski definition) is 1. The van der Waals surface area contributed by atoms with E-state index in [1.807, 2.05) is 29.2 Å². The fourth-order valence-corrected chi connectivity index (χ4v) is 2.10. The predicted molar refractivity (Wildman–Crippen MR) is 68.9 cm³/mol. The van der Waals surface area contributed by atoms with Crippen molar-refractivity contribution in [1.29, 1.82) is 5.26 Å². The lowest BCUT2D eigenvalue weighted by molar-refractivity contribution is -0.131. The van der Waals surface area contributed by atoms with E-state index in [-0.39, 0.29) is 5.91 Å². The van der Waals surface area contributed by atoms with Gasteiger partial charge in [0.25, 0.3) is 0 Å². The van der Waals surface area contributed by atoms with Crippen molar-refractivity contribution in [2.45, 2.75) is 12.8 Å². The van der Waals surface area contributed by atoms with Gasteiger partial charge in [-0.15, -0.1) is 0 Å². The average Bonchev–Trinajstić information content (AvgIpc) is 2.42. The van der Waals surface area contributed by atoms with E-state index in [2.05, 4.69) is 11.4 Å². The largest absolute Gasteiger partial charge is 0.340 e. The van der Waals surface area contributed by atoms with Gasteiger partial charge in [0.1, 0.15) is 0 Å². The highest BCUT2D eigenvalue weighted by molar-refractivity contribution is 5.78.